The number of hydrogen-bond acceptors (Lipinski definition) is 5. The van der Waals surface area contributed by atoms with Gasteiger partial charge in [0, 0.05) is 22.7 Å². The Morgan fingerprint density at radius 1 is 1.09 bits per heavy atom. The summed E-state index contributed by atoms with van der Waals surface area (Å²) in [5.41, 5.74) is 1.43. The molecule has 1 saturated heterocycles. The number of benzene rings is 2. The van der Waals surface area contributed by atoms with Crippen molar-refractivity contribution in [1.29, 1.82) is 0 Å². The van der Waals surface area contributed by atoms with E-state index >= 15 is 0 Å². The molecule has 2 aromatic rings. The van der Waals surface area contributed by atoms with Gasteiger partial charge >= 0.3 is 0 Å². The molecule has 0 unspecified atom stereocenters. The molecule has 0 aromatic heterocycles. The summed E-state index contributed by atoms with van der Waals surface area (Å²) in [4.78, 5) is 10.2. The molecule has 0 saturated carbocycles. The van der Waals surface area contributed by atoms with E-state index in [-0.39, 0.29) is 12.3 Å². The van der Waals surface area contributed by atoms with Crippen molar-refractivity contribution >= 4 is 17.3 Å². The maximum absolute atomic E-state index is 10.7. The van der Waals surface area contributed by atoms with Crippen molar-refractivity contribution in [2.75, 3.05) is 6.61 Å². The Labute approximate surface area is 137 Å². The lowest BCUT2D eigenvalue weighted by molar-refractivity contribution is -0.384. The number of ether oxygens (including phenoxy) is 2. The minimum atomic E-state index is -0.847. The van der Waals surface area contributed by atoms with E-state index in [4.69, 9.17) is 21.1 Å². The van der Waals surface area contributed by atoms with Crippen LogP contribution in [-0.4, -0.2) is 22.7 Å². The lowest BCUT2D eigenvalue weighted by Gasteiger charge is -2.34. The zero-order valence-electron chi connectivity index (χ0n) is 12.0. The number of halogens is 1. The zero-order valence-corrected chi connectivity index (χ0v) is 12.7. The minimum absolute atomic E-state index is 0.00968. The van der Waals surface area contributed by atoms with Crippen LogP contribution >= 0.6 is 11.6 Å². The van der Waals surface area contributed by atoms with Gasteiger partial charge in [0.25, 0.3) is 5.69 Å². The van der Waals surface area contributed by atoms with E-state index in [0.29, 0.717) is 10.6 Å². The fourth-order valence-electron chi connectivity index (χ4n) is 2.42. The normalized spacial score (nSPS) is 24.3. The molecule has 120 valence electrons. The highest BCUT2D eigenvalue weighted by molar-refractivity contribution is 6.30. The largest absolute Gasteiger partial charge is 0.388 e. The van der Waals surface area contributed by atoms with Gasteiger partial charge < -0.3 is 14.6 Å². The molecular weight excluding hydrogens is 322 g/mol. The van der Waals surface area contributed by atoms with Crippen LogP contribution in [0.25, 0.3) is 0 Å². The predicted molar refractivity (Wildman–Crippen MR) is 83.1 cm³/mol. The Hall–Kier alpha value is -1.99. The molecule has 1 aliphatic rings. The fourth-order valence-corrected chi connectivity index (χ4v) is 2.54. The molecule has 0 radical (unpaired) electrons. The highest BCUT2D eigenvalue weighted by Crippen LogP contribution is 2.35. The van der Waals surface area contributed by atoms with E-state index in [9.17, 15) is 15.2 Å². The summed E-state index contributed by atoms with van der Waals surface area (Å²) in [5, 5.41) is 21.4. The van der Waals surface area contributed by atoms with Gasteiger partial charge in [0.05, 0.1) is 11.5 Å². The first-order chi connectivity index (χ1) is 11.0. The highest BCUT2D eigenvalue weighted by atomic mass is 35.5. The van der Waals surface area contributed by atoms with Crippen molar-refractivity contribution in [2.24, 2.45) is 0 Å². The first kappa shape index (κ1) is 15.9. The van der Waals surface area contributed by atoms with Gasteiger partial charge in [-0.1, -0.05) is 23.7 Å². The number of aliphatic hydroxyl groups is 1. The average molecular weight is 336 g/mol. The van der Waals surface area contributed by atoms with E-state index in [1.54, 1.807) is 36.4 Å². The lowest BCUT2D eigenvalue weighted by atomic mass is 10.0. The summed E-state index contributed by atoms with van der Waals surface area (Å²) in [7, 11) is 0. The smallest absolute Gasteiger partial charge is 0.269 e. The van der Waals surface area contributed by atoms with Crippen molar-refractivity contribution in [3.63, 3.8) is 0 Å². The van der Waals surface area contributed by atoms with Crippen LogP contribution in [0.2, 0.25) is 5.02 Å². The SMILES string of the molecule is O=[N+]([O-])c1ccc([C@H]2O[C@@H](c3ccc(Cl)cc3)OC[C@H]2O)cc1. The Bertz CT molecular complexity index is 689. The second kappa shape index (κ2) is 6.64. The molecule has 1 aliphatic heterocycles. The molecule has 0 bridgehead atoms. The van der Waals surface area contributed by atoms with E-state index in [1.807, 2.05) is 0 Å². The van der Waals surface area contributed by atoms with Crippen LogP contribution in [0, 0.1) is 10.1 Å². The fraction of sp³-hybridized carbons (Fsp3) is 0.250. The van der Waals surface area contributed by atoms with Gasteiger partial charge in [-0.25, -0.2) is 0 Å². The Morgan fingerprint density at radius 2 is 1.70 bits per heavy atom. The van der Waals surface area contributed by atoms with Crippen molar-refractivity contribution in [2.45, 2.75) is 18.5 Å². The molecule has 7 heteroatoms. The molecule has 1 heterocycles. The van der Waals surface area contributed by atoms with Gasteiger partial charge in [0.1, 0.15) is 12.2 Å². The summed E-state index contributed by atoms with van der Waals surface area (Å²) in [6.07, 6.45) is -2.10. The number of nitro groups is 1. The third-order valence-corrected chi connectivity index (χ3v) is 3.86. The van der Waals surface area contributed by atoms with Gasteiger partial charge in [-0.3, -0.25) is 10.1 Å². The summed E-state index contributed by atoms with van der Waals surface area (Å²) in [6, 6.07) is 13.0. The van der Waals surface area contributed by atoms with E-state index < -0.39 is 23.4 Å². The van der Waals surface area contributed by atoms with Crippen LogP contribution in [0.5, 0.6) is 0 Å². The number of non-ortho nitro benzene ring substituents is 1. The van der Waals surface area contributed by atoms with Crippen molar-refractivity contribution in [3.05, 3.63) is 74.8 Å². The first-order valence-electron chi connectivity index (χ1n) is 6.99. The quantitative estimate of drug-likeness (QED) is 0.686. The third kappa shape index (κ3) is 3.51. The maximum atomic E-state index is 10.7. The first-order valence-corrected chi connectivity index (χ1v) is 7.37. The molecule has 0 amide bonds. The molecular formula is C16H14ClNO5. The van der Waals surface area contributed by atoms with Crippen molar-refractivity contribution < 1.29 is 19.5 Å². The lowest BCUT2D eigenvalue weighted by Crippen LogP contribution is -2.34. The monoisotopic (exact) mass is 335 g/mol. The summed E-state index contributed by atoms with van der Waals surface area (Å²) in [6.45, 7) is 0.106. The number of rotatable bonds is 3. The van der Waals surface area contributed by atoms with Crippen molar-refractivity contribution in [3.8, 4) is 0 Å². The third-order valence-electron chi connectivity index (χ3n) is 3.61. The second-order valence-corrected chi connectivity index (χ2v) is 5.63. The Morgan fingerprint density at radius 3 is 2.30 bits per heavy atom. The molecule has 3 rings (SSSR count). The van der Waals surface area contributed by atoms with E-state index in [2.05, 4.69) is 0 Å². The van der Waals surface area contributed by atoms with Crippen LogP contribution in [0.4, 0.5) is 5.69 Å². The molecule has 2 aromatic carbocycles. The van der Waals surface area contributed by atoms with Crippen molar-refractivity contribution in [1.82, 2.24) is 0 Å². The number of hydrogen-bond donors (Lipinski definition) is 1. The standard InChI is InChI=1S/C16H14ClNO5/c17-12-5-1-11(2-6-12)16-22-9-14(19)15(23-16)10-3-7-13(8-4-10)18(20)21/h1-8,14-16,19H,9H2/t14-,15-,16+/m1/s1. The van der Waals surface area contributed by atoms with Crippen LogP contribution < -0.4 is 0 Å². The number of nitro benzene ring substituents is 1. The zero-order chi connectivity index (χ0) is 16.4. The van der Waals surface area contributed by atoms with Gasteiger partial charge in [0.2, 0.25) is 0 Å². The summed E-state index contributed by atoms with van der Waals surface area (Å²) < 4.78 is 11.3. The summed E-state index contributed by atoms with van der Waals surface area (Å²) >= 11 is 5.86. The van der Waals surface area contributed by atoms with Gasteiger partial charge in [-0.2, -0.15) is 0 Å². The topological polar surface area (TPSA) is 81.8 Å². The Kier molecular flexibility index (Phi) is 4.58. The Balaban J connectivity index is 1.80. The van der Waals surface area contributed by atoms with Crippen LogP contribution in [-0.2, 0) is 9.47 Å². The van der Waals surface area contributed by atoms with Gasteiger partial charge in [0.15, 0.2) is 6.29 Å². The van der Waals surface area contributed by atoms with Crippen LogP contribution in [0.15, 0.2) is 48.5 Å². The second-order valence-electron chi connectivity index (χ2n) is 5.19. The molecule has 3 atom stereocenters. The molecule has 23 heavy (non-hydrogen) atoms. The van der Waals surface area contributed by atoms with Crippen LogP contribution in [0.3, 0.4) is 0 Å². The average Bonchev–Trinajstić information content (AvgIpc) is 2.56. The van der Waals surface area contributed by atoms with E-state index in [0.717, 1.165) is 5.56 Å². The highest BCUT2D eigenvalue weighted by Gasteiger charge is 2.32. The molecule has 1 N–H and O–H groups in total. The summed E-state index contributed by atoms with van der Waals surface area (Å²) in [5.74, 6) is 0. The van der Waals surface area contributed by atoms with Gasteiger partial charge in [-0.05, 0) is 29.8 Å². The van der Waals surface area contributed by atoms with Crippen LogP contribution in [0.1, 0.15) is 23.5 Å². The number of aliphatic hydroxyl groups excluding tert-OH is 1. The minimum Gasteiger partial charge on any atom is -0.388 e. The molecule has 0 spiro atoms. The molecule has 6 nitrogen and oxygen atoms in total. The van der Waals surface area contributed by atoms with Gasteiger partial charge in [-0.15, -0.1) is 0 Å². The molecule has 0 aliphatic carbocycles. The molecule has 1 fully saturated rings. The number of nitrogens with zero attached hydrogens (tertiary/aromatic N) is 1. The van der Waals surface area contributed by atoms with E-state index in [1.165, 1.54) is 12.1 Å². The maximum Gasteiger partial charge on any atom is 0.269 e. The predicted octanol–water partition coefficient (Wildman–Crippen LogP) is 3.40.